The third-order valence-electron chi connectivity index (χ3n) is 2.68. The smallest absolute Gasteiger partial charge is 0.214 e. The number of nitrogens with zero attached hydrogens (tertiary/aromatic N) is 2. The highest BCUT2D eigenvalue weighted by atomic mass is 16.5. The summed E-state index contributed by atoms with van der Waals surface area (Å²) in [6.07, 6.45) is 1.18. The van der Waals surface area contributed by atoms with Gasteiger partial charge in [0.25, 0.3) is 0 Å². The van der Waals surface area contributed by atoms with Crippen LogP contribution in [0.15, 0.2) is 18.2 Å². The maximum absolute atomic E-state index is 5.08. The quantitative estimate of drug-likeness (QED) is 0.808. The molecule has 0 saturated carbocycles. The highest BCUT2D eigenvalue weighted by molar-refractivity contribution is 5.38. The number of hydrogen-bond acceptors (Lipinski definition) is 4. The standard InChI is InChI=1S/C11H17N3O/c1-14-7-6-9(8-14)12-10-4-3-5-11(13-10)15-2/h3-5,9H,6-8H2,1-2H3,(H,12,13). The number of rotatable bonds is 3. The van der Waals surface area contributed by atoms with Gasteiger partial charge in [-0.15, -0.1) is 0 Å². The van der Waals surface area contributed by atoms with Gasteiger partial charge in [-0.3, -0.25) is 0 Å². The Morgan fingerprint density at radius 1 is 1.53 bits per heavy atom. The maximum atomic E-state index is 5.08. The summed E-state index contributed by atoms with van der Waals surface area (Å²) < 4.78 is 5.08. The number of nitrogens with one attached hydrogen (secondary N) is 1. The fourth-order valence-electron chi connectivity index (χ4n) is 1.87. The summed E-state index contributed by atoms with van der Waals surface area (Å²) in [6.45, 7) is 2.24. The van der Waals surface area contributed by atoms with E-state index >= 15 is 0 Å². The third kappa shape index (κ3) is 2.59. The monoisotopic (exact) mass is 207 g/mol. The summed E-state index contributed by atoms with van der Waals surface area (Å²) in [7, 11) is 3.77. The lowest BCUT2D eigenvalue weighted by Gasteiger charge is -2.13. The van der Waals surface area contributed by atoms with Crippen molar-refractivity contribution in [3.63, 3.8) is 0 Å². The van der Waals surface area contributed by atoms with Crippen LogP contribution in [0.5, 0.6) is 5.88 Å². The second-order valence-corrected chi connectivity index (χ2v) is 3.96. The topological polar surface area (TPSA) is 37.4 Å². The molecule has 1 aromatic rings. The number of anilines is 1. The maximum Gasteiger partial charge on any atom is 0.214 e. The van der Waals surface area contributed by atoms with Crippen LogP contribution < -0.4 is 10.1 Å². The molecular formula is C11H17N3O. The second-order valence-electron chi connectivity index (χ2n) is 3.96. The van der Waals surface area contributed by atoms with Crippen LogP contribution in [0.2, 0.25) is 0 Å². The molecule has 82 valence electrons. The molecule has 2 heterocycles. The molecule has 2 rings (SSSR count). The zero-order valence-corrected chi connectivity index (χ0v) is 9.23. The minimum Gasteiger partial charge on any atom is -0.481 e. The summed E-state index contributed by atoms with van der Waals surface area (Å²) >= 11 is 0. The molecule has 0 spiro atoms. The highest BCUT2D eigenvalue weighted by Gasteiger charge is 2.19. The van der Waals surface area contributed by atoms with Crippen LogP contribution in [0.3, 0.4) is 0 Å². The van der Waals surface area contributed by atoms with Crippen LogP contribution in [0.25, 0.3) is 0 Å². The molecular weight excluding hydrogens is 190 g/mol. The van der Waals surface area contributed by atoms with Gasteiger partial charge >= 0.3 is 0 Å². The van der Waals surface area contributed by atoms with Crippen molar-refractivity contribution in [2.75, 3.05) is 32.6 Å². The first-order valence-electron chi connectivity index (χ1n) is 5.24. The molecule has 1 aliphatic rings. The van der Waals surface area contributed by atoms with Crippen molar-refractivity contribution in [1.29, 1.82) is 0 Å². The van der Waals surface area contributed by atoms with Crippen molar-refractivity contribution in [2.45, 2.75) is 12.5 Å². The van der Waals surface area contributed by atoms with Crippen LogP contribution in [0.1, 0.15) is 6.42 Å². The van der Waals surface area contributed by atoms with Crippen LogP contribution in [0, 0.1) is 0 Å². The van der Waals surface area contributed by atoms with Gasteiger partial charge in [-0.05, 0) is 26.1 Å². The first kappa shape index (κ1) is 10.2. The van der Waals surface area contributed by atoms with Crippen LogP contribution in [-0.2, 0) is 0 Å². The number of ether oxygens (including phenoxy) is 1. The van der Waals surface area contributed by atoms with E-state index in [1.54, 1.807) is 7.11 Å². The zero-order chi connectivity index (χ0) is 10.7. The lowest BCUT2D eigenvalue weighted by Crippen LogP contribution is -2.23. The van der Waals surface area contributed by atoms with Crippen LogP contribution in [-0.4, -0.2) is 43.2 Å². The molecule has 1 N–H and O–H groups in total. The largest absolute Gasteiger partial charge is 0.481 e. The highest BCUT2D eigenvalue weighted by Crippen LogP contribution is 2.15. The molecule has 1 atom stereocenters. The predicted octanol–water partition coefficient (Wildman–Crippen LogP) is 1.21. The lowest BCUT2D eigenvalue weighted by atomic mass is 10.2. The average molecular weight is 207 g/mol. The summed E-state index contributed by atoms with van der Waals surface area (Å²) in [6, 6.07) is 6.29. The molecule has 4 heteroatoms. The van der Waals surface area contributed by atoms with Crippen molar-refractivity contribution in [3.8, 4) is 5.88 Å². The van der Waals surface area contributed by atoms with Gasteiger partial charge in [0.05, 0.1) is 7.11 Å². The molecule has 1 aromatic heterocycles. The van der Waals surface area contributed by atoms with Gasteiger partial charge in [-0.1, -0.05) is 6.07 Å². The summed E-state index contributed by atoms with van der Waals surface area (Å²) in [5.74, 6) is 1.56. The van der Waals surface area contributed by atoms with Crippen molar-refractivity contribution in [2.24, 2.45) is 0 Å². The Labute approximate surface area is 90.3 Å². The molecule has 0 aromatic carbocycles. The van der Waals surface area contributed by atoms with Gasteiger partial charge in [-0.25, -0.2) is 0 Å². The third-order valence-corrected chi connectivity index (χ3v) is 2.68. The van der Waals surface area contributed by atoms with E-state index in [2.05, 4.69) is 22.2 Å². The number of aromatic nitrogens is 1. The zero-order valence-electron chi connectivity index (χ0n) is 9.23. The average Bonchev–Trinajstić information content (AvgIpc) is 2.64. The minimum absolute atomic E-state index is 0.509. The molecule has 0 amide bonds. The summed E-state index contributed by atoms with van der Waals surface area (Å²) in [4.78, 5) is 6.65. The van der Waals surface area contributed by atoms with Crippen molar-refractivity contribution >= 4 is 5.82 Å². The molecule has 0 radical (unpaired) electrons. The van der Waals surface area contributed by atoms with Crippen LogP contribution >= 0.6 is 0 Å². The molecule has 1 unspecified atom stereocenters. The van der Waals surface area contributed by atoms with Crippen molar-refractivity contribution < 1.29 is 4.74 Å². The predicted molar refractivity (Wildman–Crippen MR) is 60.3 cm³/mol. The van der Waals surface area contributed by atoms with E-state index < -0.39 is 0 Å². The summed E-state index contributed by atoms with van der Waals surface area (Å²) in [5, 5.41) is 3.41. The molecule has 0 bridgehead atoms. The van der Waals surface area contributed by atoms with E-state index in [4.69, 9.17) is 4.74 Å². The van der Waals surface area contributed by atoms with Gasteiger partial charge in [0.15, 0.2) is 0 Å². The molecule has 15 heavy (non-hydrogen) atoms. The van der Waals surface area contributed by atoms with Gasteiger partial charge < -0.3 is 15.0 Å². The molecule has 0 aliphatic carbocycles. The Morgan fingerprint density at radius 2 is 2.40 bits per heavy atom. The SMILES string of the molecule is COc1cccc(NC2CCN(C)C2)n1. The van der Waals surface area contributed by atoms with E-state index in [1.807, 2.05) is 18.2 Å². The Kier molecular flexibility index (Phi) is 3.06. The Morgan fingerprint density at radius 3 is 3.07 bits per heavy atom. The van der Waals surface area contributed by atoms with E-state index in [1.165, 1.54) is 6.42 Å². The van der Waals surface area contributed by atoms with E-state index in [9.17, 15) is 0 Å². The normalized spacial score (nSPS) is 21.6. The number of pyridine rings is 1. The lowest BCUT2D eigenvalue weighted by molar-refractivity contribution is 0.398. The van der Waals surface area contributed by atoms with Crippen molar-refractivity contribution in [3.05, 3.63) is 18.2 Å². The fraction of sp³-hybridized carbons (Fsp3) is 0.545. The van der Waals surface area contributed by atoms with Gasteiger partial charge in [-0.2, -0.15) is 4.98 Å². The Hall–Kier alpha value is -1.29. The van der Waals surface area contributed by atoms with Gasteiger partial charge in [0.1, 0.15) is 5.82 Å². The van der Waals surface area contributed by atoms with E-state index in [0.29, 0.717) is 11.9 Å². The first-order chi connectivity index (χ1) is 7.28. The van der Waals surface area contributed by atoms with Gasteiger partial charge in [0, 0.05) is 18.7 Å². The second kappa shape index (κ2) is 4.49. The minimum atomic E-state index is 0.509. The Balaban J connectivity index is 1.98. The van der Waals surface area contributed by atoms with Crippen molar-refractivity contribution in [1.82, 2.24) is 9.88 Å². The first-order valence-corrected chi connectivity index (χ1v) is 5.24. The molecule has 1 fully saturated rings. The molecule has 1 aliphatic heterocycles. The van der Waals surface area contributed by atoms with Gasteiger partial charge in [0.2, 0.25) is 5.88 Å². The molecule has 1 saturated heterocycles. The number of likely N-dealkylation sites (N-methyl/N-ethyl adjacent to an activating group) is 1. The Bertz CT molecular complexity index is 329. The molecule has 4 nitrogen and oxygen atoms in total. The number of hydrogen-bond donors (Lipinski definition) is 1. The van der Waals surface area contributed by atoms with Crippen LogP contribution in [0.4, 0.5) is 5.82 Å². The van der Waals surface area contributed by atoms with E-state index in [0.717, 1.165) is 18.9 Å². The van der Waals surface area contributed by atoms with E-state index in [-0.39, 0.29) is 0 Å². The number of methoxy groups -OCH3 is 1. The summed E-state index contributed by atoms with van der Waals surface area (Å²) in [5.41, 5.74) is 0. The fourth-order valence-corrected chi connectivity index (χ4v) is 1.87. The number of likely N-dealkylation sites (tertiary alicyclic amines) is 1.